The molecule has 0 saturated heterocycles. The predicted octanol–water partition coefficient (Wildman–Crippen LogP) is 4.17. The zero-order chi connectivity index (χ0) is 15.7. The first kappa shape index (κ1) is 18.8. The maximum atomic E-state index is 4.91. The fourth-order valence-corrected chi connectivity index (χ4v) is 3.86. The molecule has 1 N–H and O–H groups in total. The van der Waals surface area contributed by atoms with Crippen molar-refractivity contribution in [2.24, 2.45) is 0 Å². The Morgan fingerprint density at radius 3 is 2.71 bits per heavy atom. The molecule has 5 heteroatoms. The lowest BCUT2D eigenvalue weighted by Crippen LogP contribution is -2.29. The lowest BCUT2D eigenvalue weighted by Gasteiger charge is -2.23. The van der Waals surface area contributed by atoms with Crippen molar-refractivity contribution in [3.8, 4) is 0 Å². The van der Waals surface area contributed by atoms with Crippen LogP contribution in [-0.2, 0) is 13.0 Å². The lowest BCUT2D eigenvalue weighted by atomic mass is 10.2. The molecule has 0 amide bonds. The van der Waals surface area contributed by atoms with Gasteiger partial charge in [-0.25, -0.2) is 4.98 Å². The zero-order valence-electron chi connectivity index (χ0n) is 14.2. The van der Waals surface area contributed by atoms with Gasteiger partial charge in [0.05, 0.1) is 5.69 Å². The van der Waals surface area contributed by atoms with Crippen LogP contribution >= 0.6 is 23.1 Å². The first-order valence-corrected chi connectivity index (χ1v) is 10.3. The SMILES string of the molecule is CCCNCc1sc(N(C)C(C)CCSC)nc1CCC. The highest BCUT2D eigenvalue weighted by molar-refractivity contribution is 7.98. The average molecular weight is 330 g/mol. The molecule has 0 aliphatic carbocycles. The van der Waals surface area contributed by atoms with E-state index in [1.54, 1.807) is 0 Å². The fraction of sp³-hybridized carbons (Fsp3) is 0.812. The zero-order valence-corrected chi connectivity index (χ0v) is 15.9. The average Bonchev–Trinajstić information content (AvgIpc) is 2.88. The highest BCUT2D eigenvalue weighted by Gasteiger charge is 2.17. The van der Waals surface area contributed by atoms with Crippen molar-refractivity contribution in [3.05, 3.63) is 10.6 Å². The summed E-state index contributed by atoms with van der Waals surface area (Å²) in [6.45, 7) is 8.78. The maximum absolute atomic E-state index is 4.91. The van der Waals surface area contributed by atoms with Crippen molar-refractivity contribution in [3.63, 3.8) is 0 Å². The molecule has 0 spiro atoms. The minimum atomic E-state index is 0.550. The molecule has 1 heterocycles. The molecule has 3 nitrogen and oxygen atoms in total. The molecule has 1 aromatic heterocycles. The number of hydrogen-bond acceptors (Lipinski definition) is 5. The van der Waals surface area contributed by atoms with Gasteiger partial charge in [-0.05, 0) is 44.7 Å². The van der Waals surface area contributed by atoms with Crippen LogP contribution in [0.1, 0.15) is 50.6 Å². The van der Waals surface area contributed by atoms with Gasteiger partial charge in [0.2, 0.25) is 0 Å². The van der Waals surface area contributed by atoms with Gasteiger partial charge in [0.1, 0.15) is 0 Å². The highest BCUT2D eigenvalue weighted by atomic mass is 32.2. The van der Waals surface area contributed by atoms with E-state index < -0.39 is 0 Å². The minimum absolute atomic E-state index is 0.550. The minimum Gasteiger partial charge on any atom is -0.348 e. The van der Waals surface area contributed by atoms with E-state index in [0.717, 1.165) is 25.9 Å². The quantitative estimate of drug-likeness (QED) is 0.617. The topological polar surface area (TPSA) is 28.2 Å². The van der Waals surface area contributed by atoms with E-state index in [4.69, 9.17) is 4.98 Å². The molecule has 0 radical (unpaired) electrons. The number of anilines is 1. The van der Waals surface area contributed by atoms with Crippen LogP contribution in [-0.4, -0.2) is 36.6 Å². The van der Waals surface area contributed by atoms with Gasteiger partial charge in [0.25, 0.3) is 0 Å². The maximum Gasteiger partial charge on any atom is 0.185 e. The van der Waals surface area contributed by atoms with Crippen molar-refractivity contribution in [1.29, 1.82) is 0 Å². The molecule has 0 bridgehead atoms. The molecule has 0 aromatic carbocycles. The molecule has 21 heavy (non-hydrogen) atoms. The van der Waals surface area contributed by atoms with Crippen LogP contribution in [0.15, 0.2) is 0 Å². The summed E-state index contributed by atoms with van der Waals surface area (Å²) in [5.41, 5.74) is 1.30. The number of hydrogen-bond donors (Lipinski definition) is 1. The van der Waals surface area contributed by atoms with Crippen LogP contribution in [0.25, 0.3) is 0 Å². The van der Waals surface area contributed by atoms with Gasteiger partial charge in [-0.3, -0.25) is 0 Å². The second-order valence-corrected chi connectivity index (χ2v) is 7.58. The van der Waals surface area contributed by atoms with Gasteiger partial charge in [0.15, 0.2) is 5.13 Å². The van der Waals surface area contributed by atoms with Crippen LogP contribution < -0.4 is 10.2 Å². The molecule has 0 saturated carbocycles. The Morgan fingerprint density at radius 1 is 1.33 bits per heavy atom. The van der Waals surface area contributed by atoms with Gasteiger partial charge in [-0.2, -0.15) is 11.8 Å². The third-order valence-corrected chi connectivity index (χ3v) is 5.50. The van der Waals surface area contributed by atoms with E-state index in [9.17, 15) is 0 Å². The van der Waals surface area contributed by atoms with E-state index in [-0.39, 0.29) is 0 Å². The number of nitrogens with one attached hydrogen (secondary N) is 1. The standard InChI is InChI=1S/C16H31N3S2/c1-6-8-14-15(12-17-10-7-2)21-16(18-14)19(4)13(3)9-11-20-5/h13,17H,6-12H2,1-5H3. The van der Waals surface area contributed by atoms with E-state index in [1.807, 2.05) is 23.1 Å². The summed E-state index contributed by atoms with van der Waals surface area (Å²) in [6, 6.07) is 0.550. The molecule has 122 valence electrons. The van der Waals surface area contributed by atoms with E-state index >= 15 is 0 Å². The Morgan fingerprint density at radius 2 is 2.10 bits per heavy atom. The molecule has 1 unspecified atom stereocenters. The largest absolute Gasteiger partial charge is 0.348 e. The molecule has 1 aromatic rings. The second-order valence-electron chi connectivity index (χ2n) is 5.53. The third-order valence-electron chi connectivity index (χ3n) is 3.67. The Bertz CT molecular complexity index is 393. The van der Waals surface area contributed by atoms with Crippen LogP contribution in [0.4, 0.5) is 5.13 Å². The first-order chi connectivity index (χ1) is 10.1. The van der Waals surface area contributed by atoms with E-state index in [0.29, 0.717) is 6.04 Å². The van der Waals surface area contributed by atoms with Crippen molar-refractivity contribution < 1.29 is 0 Å². The van der Waals surface area contributed by atoms with Crippen molar-refractivity contribution in [2.75, 3.05) is 30.5 Å². The summed E-state index contributed by atoms with van der Waals surface area (Å²) in [4.78, 5) is 8.68. The molecule has 0 aliphatic heterocycles. The summed E-state index contributed by atoms with van der Waals surface area (Å²) in [6.07, 6.45) is 6.82. The highest BCUT2D eigenvalue weighted by Crippen LogP contribution is 2.28. The number of aromatic nitrogens is 1. The number of rotatable bonds is 11. The Kier molecular flexibility index (Phi) is 9.36. The molecule has 0 fully saturated rings. The Hall–Kier alpha value is -0.260. The summed E-state index contributed by atoms with van der Waals surface area (Å²) < 4.78 is 0. The van der Waals surface area contributed by atoms with Crippen molar-refractivity contribution in [1.82, 2.24) is 10.3 Å². The Labute approximate surface area is 138 Å². The van der Waals surface area contributed by atoms with Crippen LogP contribution in [0, 0.1) is 0 Å². The number of thiazole rings is 1. The van der Waals surface area contributed by atoms with Gasteiger partial charge in [0, 0.05) is 24.5 Å². The smallest absolute Gasteiger partial charge is 0.185 e. The van der Waals surface area contributed by atoms with E-state index in [2.05, 4.69) is 44.3 Å². The second kappa shape index (κ2) is 10.5. The summed E-state index contributed by atoms with van der Waals surface area (Å²) in [5.74, 6) is 1.21. The predicted molar refractivity (Wildman–Crippen MR) is 99.0 cm³/mol. The normalized spacial score (nSPS) is 12.6. The van der Waals surface area contributed by atoms with Crippen molar-refractivity contribution >= 4 is 28.2 Å². The van der Waals surface area contributed by atoms with E-state index in [1.165, 1.54) is 34.3 Å². The van der Waals surface area contributed by atoms with Crippen LogP contribution in [0.5, 0.6) is 0 Å². The fourth-order valence-electron chi connectivity index (χ4n) is 2.14. The Balaban J connectivity index is 2.74. The van der Waals surface area contributed by atoms with Gasteiger partial charge in [-0.15, -0.1) is 11.3 Å². The van der Waals surface area contributed by atoms with Gasteiger partial charge >= 0.3 is 0 Å². The molecule has 1 rings (SSSR count). The third kappa shape index (κ3) is 6.17. The molecular formula is C16H31N3S2. The number of aryl methyl sites for hydroxylation is 1. The molecule has 0 aliphatic rings. The number of thioether (sulfide) groups is 1. The van der Waals surface area contributed by atoms with Crippen LogP contribution in [0.3, 0.4) is 0 Å². The molecular weight excluding hydrogens is 298 g/mol. The van der Waals surface area contributed by atoms with Crippen LogP contribution in [0.2, 0.25) is 0 Å². The van der Waals surface area contributed by atoms with Gasteiger partial charge in [-0.1, -0.05) is 20.3 Å². The van der Waals surface area contributed by atoms with Gasteiger partial charge < -0.3 is 10.2 Å². The number of nitrogens with zero attached hydrogens (tertiary/aromatic N) is 2. The summed E-state index contributed by atoms with van der Waals surface area (Å²) in [5, 5.41) is 4.70. The lowest BCUT2D eigenvalue weighted by molar-refractivity contribution is 0.664. The van der Waals surface area contributed by atoms with Crippen molar-refractivity contribution in [2.45, 2.75) is 59.0 Å². The summed E-state index contributed by atoms with van der Waals surface area (Å²) >= 11 is 3.78. The molecule has 1 atom stereocenters. The summed E-state index contributed by atoms with van der Waals surface area (Å²) in [7, 11) is 2.18. The monoisotopic (exact) mass is 329 g/mol. The first-order valence-electron chi connectivity index (χ1n) is 8.05.